The fourth-order valence-corrected chi connectivity index (χ4v) is 5.50. The van der Waals surface area contributed by atoms with Gasteiger partial charge in [-0.3, -0.25) is 0 Å². The molecule has 1 atom stereocenters. The molecular formula is C14H29N3O2S2. The van der Waals surface area contributed by atoms with Crippen molar-refractivity contribution < 1.29 is 8.42 Å². The maximum atomic E-state index is 12.3. The Morgan fingerprint density at radius 2 is 1.90 bits per heavy atom. The maximum Gasteiger partial charge on any atom is 0.279 e. The normalized spacial score (nSPS) is 25.5. The van der Waals surface area contributed by atoms with Gasteiger partial charge in [-0.05, 0) is 62.1 Å². The van der Waals surface area contributed by atoms with Crippen molar-refractivity contribution in [2.45, 2.75) is 32.6 Å². The van der Waals surface area contributed by atoms with Crippen molar-refractivity contribution in [3.8, 4) is 0 Å². The first-order valence-electron chi connectivity index (χ1n) is 8.15. The molecule has 2 heterocycles. The van der Waals surface area contributed by atoms with Gasteiger partial charge in [0.15, 0.2) is 0 Å². The summed E-state index contributed by atoms with van der Waals surface area (Å²) in [5.41, 5.74) is 0. The molecule has 2 rings (SSSR count). The molecule has 21 heavy (non-hydrogen) atoms. The smallest absolute Gasteiger partial charge is 0.279 e. The van der Waals surface area contributed by atoms with E-state index in [1.807, 2.05) is 11.8 Å². The van der Waals surface area contributed by atoms with Gasteiger partial charge in [0.2, 0.25) is 0 Å². The largest absolute Gasteiger partial charge is 0.316 e. The number of piperidine rings is 1. The van der Waals surface area contributed by atoms with E-state index in [0.717, 1.165) is 44.5 Å². The Bertz CT molecular complexity index is 389. The Labute approximate surface area is 133 Å². The fourth-order valence-electron chi connectivity index (χ4n) is 2.90. The average Bonchev–Trinajstić information content (AvgIpc) is 3.00. The van der Waals surface area contributed by atoms with Gasteiger partial charge >= 0.3 is 0 Å². The predicted octanol–water partition coefficient (Wildman–Crippen LogP) is 1.29. The molecule has 2 N–H and O–H groups in total. The summed E-state index contributed by atoms with van der Waals surface area (Å²) in [6.07, 6.45) is 4.22. The molecule has 0 saturated carbocycles. The molecule has 0 bridgehead atoms. The van der Waals surface area contributed by atoms with Gasteiger partial charge < -0.3 is 5.32 Å². The zero-order chi connectivity index (χ0) is 15.1. The number of nitrogens with zero attached hydrogens (tertiary/aromatic N) is 1. The highest BCUT2D eigenvalue weighted by Gasteiger charge is 2.28. The van der Waals surface area contributed by atoms with Gasteiger partial charge in [-0.15, -0.1) is 0 Å². The molecule has 0 radical (unpaired) electrons. The Balaban J connectivity index is 1.69. The van der Waals surface area contributed by atoms with Crippen molar-refractivity contribution in [3.63, 3.8) is 0 Å². The van der Waals surface area contributed by atoms with Gasteiger partial charge in [0.05, 0.1) is 0 Å². The molecule has 124 valence electrons. The van der Waals surface area contributed by atoms with Crippen molar-refractivity contribution in [1.29, 1.82) is 0 Å². The van der Waals surface area contributed by atoms with E-state index in [2.05, 4.69) is 17.0 Å². The van der Waals surface area contributed by atoms with E-state index in [1.54, 1.807) is 4.31 Å². The molecule has 5 nitrogen and oxygen atoms in total. The Morgan fingerprint density at radius 3 is 2.52 bits per heavy atom. The van der Waals surface area contributed by atoms with Gasteiger partial charge in [-0.25, -0.2) is 4.72 Å². The number of hydrogen-bond donors (Lipinski definition) is 2. The Hall–Kier alpha value is 0.180. The minimum atomic E-state index is -3.27. The molecule has 7 heteroatoms. The molecule has 2 aliphatic heterocycles. The molecule has 0 amide bonds. The van der Waals surface area contributed by atoms with Crippen LogP contribution in [-0.2, 0) is 10.2 Å². The standard InChI is InChI=1S/C14H29N3O2S2/c1-2-6-15-10-13-3-7-17(8-4-13)21(18,19)16-11-14-5-9-20-12-14/h13-16H,2-12H2,1H3. The molecule has 0 aromatic rings. The van der Waals surface area contributed by atoms with E-state index >= 15 is 0 Å². The molecule has 0 aliphatic carbocycles. The minimum absolute atomic E-state index is 0.514. The van der Waals surface area contributed by atoms with Crippen LogP contribution < -0.4 is 10.0 Å². The highest BCUT2D eigenvalue weighted by molar-refractivity contribution is 7.99. The fraction of sp³-hybridized carbons (Fsp3) is 1.00. The Kier molecular flexibility index (Phi) is 7.28. The lowest BCUT2D eigenvalue weighted by molar-refractivity contribution is 0.265. The number of nitrogens with one attached hydrogen (secondary N) is 2. The molecular weight excluding hydrogens is 306 g/mol. The summed E-state index contributed by atoms with van der Waals surface area (Å²) in [5.74, 6) is 3.39. The second-order valence-electron chi connectivity index (χ2n) is 6.13. The van der Waals surface area contributed by atoms with Crippen molar-refractivity contribution in [3.05, 3.63) is 0 Å². The van der Waals surface area contributed by atoms with Gasteiger partial charge in [-0.2, -0.15) is 24.5 Å². The quantitative estimate of drug-likeness (QED) is 0.656. The third-order valence-corrected chi connectivity index (χ3v) is 7.16. The van der Waals surface area contributed by atoms with Crippen molar-refractivity contribution in [2.24, 2.45) is 11.8 Å². The van der Waals surface area contributed by atoms with Gasteiger partial charge in [0.25, 0.3) is 10.2 Å². The van der Waals surface area contributed by atoms with E-state index in [-0.39, 0.29) is 0 Å². The second-order valence-corrected chi connectivity index (χ2v) is 9.03. The van der Waals surface area contributed by atoms with Crippen LogP contribution in [0.15, 0.2) is 0 Å². The van der Waals surface area contributed by atoms with Crippen LogP contribution in [0.3, 0.4) is 0 Å². The highest BCUT2D eigenvalue weighted by atomic mass is 32.2. The van der Waals surface area contributed by atoms with E-state index < -0.39 is 10.2 Å². The summed E-state index contributed by atoms with van der Waals surface area (Å²) in [6.45, 7) is 6.17. The molecule has 1 unspecified atom stereocenters. The molecule has 0 spiro atoms. The van der Waals surface area contributed by atoms with Crippen molar-refractivity contribution in [2.75, 3.05) is 44.2 Å². The van der Waals surface area contributed by atoms with E-state index in [9.17, 15) is 8.42 Å². The van der Waals surface area contributed by atoms with E-state index in [0.29, 0.717) is 31.5 Å². The maximum absolute atomic E-state index is 12.3. The number of hydrogen-bond acceptors (Lipinski definition) is 4. The first kappa shape index (κ1) is 17.5. The first-order valence-corrected chi connectivity index (χ1v) is 10.7. The molecule has 2 saturated heterocycles. The van der Waals surface area contributed by atoms with Crippen LogP contribution in [0.2, 0.25) is 0 Å². The second kappa shape index (κ2) is 8.72. The Morgan fingerprint density at radius 1 is 1.14 bits per heavy atom. The van der Waals surface area contributed by atoms with Crippen LogP contribution in [0, 0.1) is 11.8 Å². The lowest BCUT2D eigenvalue weighted by atomic mass is 9.98. The average molecular weight is 336 g/mol. The summed E-state index contributed by atoms with van der Waals surface area (Å²) in [7, 11) is -3.27. The summed E-state index contributed by atoms with van der Waals surface area (Å²) in [5, 5.41) is 3.43. The summed E-state index contributed by atoms with van der Waals surface area (Å²) in [4.78, 5) is 0. The molecule has 0 aromatic carbocycles. The summed E-state index contributed by atoms with van der Waals surface area (Å²) >= 11 is 1.92. The van der Waals surface area contributed by atoms with Crippen LogP contribution in [0.5, 0.6) is 0 Å². The van der Waals surface area contributed by atoms with Crippen molar-refractivity contribution in [1.82, 2.24) is 14.3 Å². The monoisotopic (exact) mass is 335 g/mol. The van der Waals surface area contributed by atoms with Crippen LogP contribution in [0.1, 0.15) is 32.6 Å². The first-order chi connectivity index (χ1) is 10.1. The SMILES string of the molecule is CCCNCC1CCN(S(=O)(=O)NCC2CCSC2)CC1. The summed E-state index contributed by atoms with van der Waals surface area (Å²) < 4.78 is 29.0. The lowest BCUT2D eigenvalue weighted by Crippen LogP contribution is -2.47. The van der Waals surface area contributed by atoms with Crippen LogP contribution in [0.4, 0.5) is 0 Å². The number of rotatable bonds is 8. The van der Waals surface area contributed by atoms with Gasteiger partial charge in [0, 0.05) is 19.6 Å². The zero-order valence-electron chi connectivity index (χ0n) is 13.0. The van der Waals surface area contributed by atoms with Crippen LogP contribution >= 0.6 is 11.8 Å². The van der Waals surface area contributed by atoms with Crippen LogP contribution in [-0.4, -0.2) is 57.0 Å². The molecule has 2 aliphatic rings. The van der Waals surface area contributed by atoms with Crippen molar-refractivity contribution >= 4 is 22.0 Å². The molecule has 0 aromatic heterocycles. The van der Waals surface area contributed by atoms with Gasteiger partial charge in [0.1, 0.15) is 0 Å². The highest BCUT2D eigenvalue weighted by Crippen LogP contribution is 2.23. The summed E-state index contributed by atoms with van der Waals surface area (Å²) in [6, 6.07) is 0. The van der Waals surface area contributed by atoms with E-state index in [1.165, 1.54) is 5.75 Å². The minimum Gasteiger partial charge on any atom is -0.316 e. The van der Waals surface area contributed by atoms with E-state index in [4.69, 9.17) is 0 Å². The zero-order valence-corrected chi connectivity index (χ0v) is 14.6. The van der Waals surface area contributed by atoms with Crippen LogP contribution in [0.25, 0.3) is 0 Å². The third kappa shape index (κ3) is 5.71. The topological polar surface area (TPSA) is 61.4 Å². The number of thioether (sulfide) groups is 1. The third-order valence-electron chi connectivity index (χ3n) is 4.35. The molecule has 2 fully saturated rings. The predicted molar refractivity (Wildman–Crippen MR) is 89.8 cm³/mol. The van der Waals surface area contributed by atoms with Gasteiger partial charge in [-0.1, -0.05) is 6.92 Å². The lowest BCUT2D eigenvalue weighted by Gasteiger charge is -2.31.